The van der Waals surface area contributed by atoms with Gasteiger partial charge >= 0.3 is 0 Å². The van der Waals surface area contributed by atoms with Gasteiger partial charge in [-0.05, 0) is 60.2 Å². The van der Waals surface area contributed by atoms with Crippen molar-refractivity contribution in [3.63, 3.8) is 0 Å². The van der Waals surface area contributed by atoms with Crippen molar-refractivity contribution in [1.29, 1.82) is 0 Å². The van der Waals surface area contributed by atoms with Crippen LogP contribution in [0.3, 0.4) is 0 Å². The quantitative estimate of drug-likeness (QED) is 0.384. The number of nitrogens with zero attached hydrogens (tertiary/aromatic N) is 2. The van der Waals surface area contributed by atoms with Gasteiger partial charge < -0.3 is 4.74 Å². The van der Waals surface area contributed by atoms with Gasteiger partial charge in [0.05, 0.1) is 11.8 Å². The number of hydrogen-bond donors (Lipinski definition) is 0. The highest BCUT2D eigenvalue weighted by molar-refractivity contribution is 9.10. The topological polar surface area (TPSA) is 41.9 Å². The molecule has 0 radical (unpaired) electrons. The SMILES string of the molecule is O=C(c1ccc(Cl)cc1)[C@@H]1Oc2ccc(Br)cc2[C@@H]2CC(c3ccc(Cl)cc3)=NN12. The van der Waals surface area contributed by atoms with Gasteiger partial charge in [-0.3, -0.25) is 4.79 Å². The van der Waals surface area contributed by atoms with Crippen molar-refractivity contribution in [2.45, 2.75) is 18.7 Å². The van der Waals surface area contributed by atoms with Crippen molar-refractivity contribution < 1.29 is 9.53 Å². The Kier molecular flexibility index (Phi) is 5.05. The van der Waals surface area contributed by atoms with E-state index < -0.39 is 6.23 Å². The molecule has 0 fully saturated rings. The number of halogens is 3. The molecule has 0 aromatic heterocycles. The molecule has 4 nitrogen and oxygen atoms in total. The Morgan fingerprint density at radius 2 is 1.67 bits per heavy atom. The number of ketones is 1. The minimum atomic E-state index is -0.852. The van der Waals surface area contributed by atoms with Crippen LogP contribution in [0, 0.1) is 0 Å². The summed E-state index contributed by atoms with van der Waals surface area (Å²) in [6, 6.07) is 20.1. The molecule has 2 aliphatic rings. The van der Waals surface area contributed by atoms with Crippen molar-refractivity contribution in [1.82, 2.24) is 5.01 Å². The monoisotopic (exact) mass is 500 g/mol. The first-order valence-electron chi connectivity index (χ1n) is 9.37. The van der Waals surface area contributed by atoms with Crippen molar-refractivity contribution in [3.05, 3.63) is 97.9 Å². The van der Waals surface area contributed by atoms with Crippen LogP contribution in [-0.4, -0.2) is 22.7 Å². The molecule has 2 heterocycles. The van der Waals surface area contributed by atoms with Gasteiger partial charge in [0.25, 0.3) is 6.23 Å². The van der Waals surface area contributed by atoms with Crippen LogP contribution in [0.4, 0.5) is 0 Å². The molecule has 3 aromatic carbocycles. The third-order valence-corrected chi connectivity index (χ3v) is 6.28. The first kappa shape index (κ1) is 19.6. The molecular weight excluding hydrogens is 487 g/mol. The molecule has 0 bridgehead atoms. The number of carbonyl (C=O) groups is 1. The first-order valence-corrected chi connectivity index (χ1v) is 10.9. The summed E-state index contributed by atoms with van der Waals surface area (Å²) in [7, 11) is 0. The smallest absolute Gasteiger partial charge is 0.251 e. The Morgan fingerprint density at radius 1 is 1.00 bits per heavy atom. The van der Waals surface area contributed by atoms with Gasteiger partial charge in [0, 0.05) is 32.1 Å². The molecule has 5 rings (SSSR count). The standard InChI is InChI=1S/C23H15BrCl2N2O2/c24-15-5-10-21-18(11-15)20-12-19(13-1-6-16(25)7-2-13)27-28(20)23(30-21)22(29)14-3-8-17(26)9-4-14/h1-11,20,23H,12H2/t20-,23-/m0/s1. The lowest BCUT2D eigenvalue weighted by atomic mass is 9.96. The summed E-state index contributed by atoms with van der Waals surface area (Å²) in [5, 5.41) is 7.82. The maximum absolute atomic E-state index is 13.3. The first-order chi connectivity index (χ1) is 14.5. The Balaban J connectivity index is 1.57. The number of Topliss-reactive ketones (excluding diaryl/α,β-unsaturated/α-hetero) is 1. The van der Waals surface area contributed by atoms with Gasteiger partial charge in [0.1, 0.15) is 5.75 Å². The van der Waals surface area contributed by atoms with Gasteiger partial charge in [-0.15, -0.1) is 0 Å². The van der Waals surface area contributed by atoms with Gasteiger partial charge in [0.2, 0.25) is 5.78 Å². The van der Waals surface area contributed by atoms with E-state index in [-0.39, 0.29) is 11.8 Å². The van der Waals surface area contributed by atoms with E-state index in [1.807, 2.05) is 42.5 Å². The zero-order valence-corrected chi connectivity index (χ0v) is 18.7. The van der Waals surface area contributed by atoms with Crippen LogP contribution in [0.15, 0.2) is 76.3 Å². The highest BCUT2D eigenvalue weighted by Crippen LogP contribution is 2.44. The molecule has 0 saturated carbocycles. The summed E-state index contributed by atoms with van der Waals surface area (Å²) in [5.74, 6) is 0.533. The molecule has 3 aromatic rings. The molecule has 2 atom stereocenters. The molecule has 150 valence electrons. The van der Waals surface area contributed by atoms with Crippen LogP contribution in [0.1, 0.15) is 33.9 Å². The summed E-state index contributed by atoms with van der Waals surface area (Å²) in [6.45, 7) is 0. The third-order valence-electron chi connectivity index (χ3n) is 5.28. The van der Waals surface area contributed by atoms with E-state index in [1.165, 1.54) is 0 Å². The number of carbonyl (C=O) groups excluding carboxylic acids is 1. The third kappa shape index (κ3) is 3.51. The fourth-order valence-corrected chi connectivity index (χ4v) is 4.44. The average molecular weight is 502 g/mol. The second-order valence-corrected chi connectivity index (χ2v) is 8.97. The number of benzene rings is 3. The van der Waals surface area contributed by atoms with Crippen molar-refractivity contribution in [3.8, 4) is 5.75 Å². The maximum atomic E-state index is 13.3. The Morgan fingerprint density at radius 3 is 2.37 bits per heavy atom. The molecule has 7 heteroatoms. The largest absolute Gasteiger partial charge is 0.461 e. The summed E-state index contributed by atoms with van der Waals surface area (Å²) in [5.41, 5.74) is 3.39. The molecule has 0 aliphatic carbocycles. The molecule has 30 heavy (non-hydrogen) atoms. The lowest BCUT2D eigenvalue weighted by Crippen LogP contribution is -2.45. The van der Waals surface area contributed by atoms with Crippen LogP contribution >= 0.6 is 39.1 Å². The van der Waals surface area contributed by atoms with Crippen LogP contribution in [0.2, 0.25) is 10.0 Å². The zero-order valence-electron chi connectivity index (χ0n) is 15.6. The van der Waals surface area contributed by atoms with E-state index >= 15 is 0 Å². The molecule has 0 saturated heterocycles. The minimum Gasteiger partial charge on any atom is -0.461 e. The van der Waals surface area contributed by atoms with Crippen LogP contribution in [-0.2, 0) is 0 Å². The van der Waals surface area contributed by atoms with Gasteiger partial charge in [-0.2, -0.15) is 5.10 Å². The molecule has 0 unspecified atom stereocenters. The van der Waals surface area contributed by atoms with Crippen LogP contribution < -0.4 is 4.74 Å². The van der Waals surface area contributed by atoms with E-state index in [1.54, 1.807) is 29.3 Å². The van der Waals surface area contributed by atoms with E-state index in [0.717, 1.165) is 21.3 Å². The van der Waals surface area contributed by atoms with Gasteiger partial charge in [-0.1, -0.05) is 51.3 Å². The number of fused-ring (bicyclic) bond motifs is 3. The number of ether oxygens (including phenoxy) is 1. The van der Waals surface area contributed by atoms with Crippen molar-refractivity contribution in [2.24, 2.45) is 5.10 Å². The lowest BCUT2D eigenvalue weighted by Gasteiger charge is -2.37. The van der Waals surface area contributed by atoms with E-state index in [9.17, 15) is 4.79 Å². The Labute approximate surface area is 192 Å². The van der Waals surface area contributed by atoms with E-state index in [0.29, 0.717) is 27.8 Å². The predicted octanol–water partition coefficient (Wildman–Crippen LogP) is 6.51. The van der Waals surface area contributed by atoms with Gasteiger partial charge in [-0.25, -0.2) is 5.01 Å². The zero-order chi connectivity index (χ0) is 20.8. The number of rotatable bonds is 3. The van der Waals surface area contributed by atoms with Crippen LogP contribution in [0.5, 0.6) is 5.75 Å². The molecule has 0 spiro atoms. The van der Waals surface area contributed by atoms with E-state index in [4.69, 9.17) is 33.0 Å². The predicted molar refractivity (Wildman–Crippen MR) is 122 cm³/mol. The maximum Gasteiger partial charge on any atom is 0.251 e. The summed E-state index contributed by atoms with van der Waals surface area (Å²) in [6.07, 6.45) is -0.187. The summed E-state index contributed by atoms with van der Waals surface area (Å²) < 4.78 is 7.10. The lowest BCUT2D eigenvalue weighted by molar-refractivity contribution is -0.00459. The normalized spacial score (nSPS) is 19.6. The Bertz CT molecular complexity index is 1160. The second-order valence-electron chi connectivity index (χ2n) is 7.18. The molecular formula is C23H15BrCl2N2O2. The second kappa shape index (κ2) is 7.73. The number of hydrogen-bond acceptors (Lipinski definition) is 4. The molecule has 0 N–H and O–H groups in total. The van der Waals surface area contributed by atoms with Crippen molar-refractivity contribution in [2.75, 3.05) is 0 Å². The molecule has 0 amide bonds. The van der Waals surface area contributed by atoms with Crippen LogP contribution in [0.25, 0.3) is 0 Å². The average Bonchev–Trinajstić information content (AvgIpc) is 3.19. The van der Waals surface area contributed by atoms with Gasteiger partial charge in [0.15, 0.2) is 0 Å². The Hall–Kier alpha value is -2.34. The fourth-order valence-electron chi connectivity index (χ4n) is 3.80. The van der Waals surface area contributed by atoms with Crippen molar-refractivity contribution >= 4 is 50.6 Å². The molecule has 2 aliphatic heterocycles. The minimum absolute atomic E-state index is 0.0989. The summed E-state index contributed by atoms with van der Waals surface area (Å²) in [4.78, 5) is 13.3. The fraction of sp³-hybridized carbons (Fsp3) is 0.130. The highest BCUT2D eigenvalue weighted by atomic mass is 79.9. The highest BCUT2D eigenvalue weighted by Gasteiger charge is 2.43. The summed E-state index contributed by atoms with van der Waals surface area (Å²) >= 11 is 15.6. The van der Waals surface area contributed by atoms with E-state index in [2.05, 4.69) is 15.9 Å². The number of hydrazone groups is 1.